The predicted octanol–water partition coefficient (Wildman–Crippen LogP) is 2.12. The third-order valence-electron chi connectivity index (χ3n) is 4.30. The monoisotopic (exact) mass is 398 g/mol. The molecule has 0 aromatic heterocycles. The summed E-state index contributed by atoms with van der Waals surface area (Å²) in [6.45, 7) is 2.11. The number of benzene rings is 1. The molecule has 0 aliphatic carbocycles. The van der Waals surface area contributed by atoms with Crippen LogP contribution < -0.4 is 9.62 Å². The van der Waals surface area contributed by atoms with E-state index in [0.717, 1.165) is 17.7 Å². The van der Waals surface area contributed by atoms with E-state index in [0.29, 0.717) is 17.4 Å². The Hall–Kier alpha value is -1.71. The summed E-state index contributed by atoms with van der Waals surface area (Å²) in [5.74, 6) is -0.0624. The maximum atomic E-state index is 12.8. The third-order valence-corrected chi connectivity index (χ3v) is 7.21. The van der Waals surface area contributed by atoms with Crippen molar-refractivity contribution in [2.45, 2.75) is 24.2 Å². The second-order valence-corrected chi connectivity index (χ2v) is 8.99. The number of nitrogens with zero attached hydrogens (tertiary/aromatic N) is 3. The molecule has 0 fully saturated rings. The first kappa shape index (κ1) is 16.7. The Morgan fingerprint density at radius 2 is 2.24 bits per heavy atom. The van der Waals surface area contributed by atoms with Crippen LogP contribution in [0.1, 0.15) is 12.5 Å². The summed E-state index contributed by atoms with van der Waals surface area (Å²) in [6.07, 6.45) is 2.43. The van der Waals surface area contributed by atoms with Gasteiger partial charge < -0.3 is 9.80 Å². The second kappa shape index (κ2) is 5.93. The zero-order chi connectivity index (χ0) is 17.8. The normalized spacial score (nSPS) is 24.3. The fourth-order valence-electron chi connectivity index (χ4n) is 3.17. The van der Waals surface area contributed by atoms with E-state index < -0.39 is 20.9 Å². The Morgan fingerprint density at radius 1 is 1.44 bits per heavy atom. The SMILES string of the molecule is CC(=O)N1CCc2ccc(NS(=O)(=O)C3C(Cl)N=C4SC=CN43)cc21. The van der Waals surface area contributed by atoms with Gasteiger partial charge in [0, 0.05) is 25.4 Å². The van der Waals surface area contributed by atoms with E-state index in [1.165, 1.54) is 18.7 Å². The highest BCUT2D eigenvalue weighted by molar-refractivity contribution is 8.16. The van der Waals surface area contributed by atoms with Gasteiger partial charge in [-0.25, -0.2) is 13.4 Å². The van der Waals surface area contributed by atoms with Crippen LogP contribution in [0.3, 0.4) is 0 Å². The molecule has 3 heterocycles. The molecule has 25 heavy (non-hydrogen) atoms. The minimum atomic E-state index is -3.81. The van der Waals surface area contributed by atoms with Crippen molar-refractivity contribution in [1.82, 2.24) is 4.90 Å². The molecular formula is C15H15ClN4O3S2. The first-order chi connectivity index (χ1) is 11.9. The van der Waals surface area contributed by atoms with Crippen LogP contribution in [-0.4, -0.2) is 41.8 Å². The van der Waals surface area contributed by atoms with Gasteiger partial charge in [0.2, 0.25) is 5.91 Å². The zero-order valence-corrected chi connectivity index (χ0v) is 15.6. The molecule has 4 rings (SSSR count). The molecule has 3 aliphatic heterocycles. The number of hydrogen-bond donors (Lipinski definition) is 1. The van der Waals surface area contributed by atoms with E-state index in [9.17, 15) is 13.2 Å². The van der Waals surface area contributed by atoms with Crippen LogP contribution in [0.4, 0.5) is 11.4 Å². The van der Waals surface area contributed by atoms with E-state index in [-0.39, 0.29) is 5.91 Å². The summed E-state index contributed by atoms with van der Waals surface area (Å²) in [5.41, 5.74) is 1.29. The average Bonchev–Trinajstić information content (AvgIpc) is 3.19. The first-order valence-corrected chi connectivity index (χ1v) is 10.5. The molecule has 3 aliphatic rings. The molecule has 10 heteroatoms. The van der Waals surface area contributed by atoms with Gasteiger partial charge in [-0.05, 0) is 29.5 Å². The molecule has 0 bridgehead atoms. The smallest absolute Gasteiger partial charge is 0.257 e. The molecular weight excluding hydrogens is 384 g/mol. The number of nitrogens with one attached hydrogen (secondary N) is 1. The molecule has 2 unspecified atom stereocenters. The van der Waals surface area contributed by atoms with Gasteiger partial charge in [0.05, 0.1) is 5.69 Å². The van der Waals surface area contributed by atoms with E-state index >= 15 is 0 Å². The van der Waals surface area contributed by atoms with Crippen molar-refractivity contribution in [3.63, 3.8) is 0 Å². The largest absolute Gasteiger partial charge is 0.312 e. The number of rotatable bonds is 3. The number of carbonyl (C=O) groups excluding carboxylic acids is 1. The Morgan fingerprint density at radius 3 is 3.00 bits per heavy atom. The molecule has 1 amide bonds. The van der Waals surface area contributed by atoms with Crippen LogP contribution in [-0.2, 0) is 21.2 Å². The lowest BCUT2D eigenvalue weighted by Gasteiger charge is -2.23. The number of sulfonamides is 1. The number of carbonyl (C=O) groups is 1. The van der Waals surface area contributed by atoms with Crippen LogP contribution in [0.2, 0.25) is 0 Å². The van der Waals surface area contributed by atoms with Crippen molar-refractivity contribution in [2.24, 2.45) is 4.99 Å². The molecule has 0 saturated heterocycles. The fraction of sp³-hybridized carbons (Fsp3) is 0.333. The number of thioether (sulfide) groups is 1. The van der Waals surface area contributed by atoms with Crippen molar-refractivity contribution >= 4 is 55.8 Å². The molecule has 0 radical (unpaired) electrons. The number of halogens is 1. The summed E-state index contributed by atoms with van der Waals surface area (Å²) < 4.78 is 28.3. The van der Waals surface area contributed by atoms with Crippen molar-refractivity contribution in [3.8, 4) is 0 Å². The standard InChI is InChI=1S/C15H15ClN4O3S2/c1-9(21)19-5-4-10-2-3-11(8-12(10)19)18-25(22,23)14-13(16)17-15-20(14)6-7-24-15/h2-3,6-8,13-14,18H,4-5H2,1H3. The first-order valence-electron chi connectivity index (χ1n) is 7.63. The van der Waals surface area contributed by atoms with Gasteiger partial charge in [-0.15, -0.1) is 0 Å². The lowest BCUT2D eigenvalue weighted by atomic mass is 10.1. The molecule has 1 aromatic rings. The lowest BCUT2D eigenvalue weighted by Crippen LogP contribution is -2.42. The molecule has 1 N–H and O–H groups in total. The van der Waals surface area contributed by atoms with Crippen LogP contribution in [0, 0.1) is 0 Å². The second-order valence-electron chi connectivity index (χ2n) is 5.90. The number of fused-ring (bicyclic) bond motifs is 2. The molecule has 2 atom stereocenters. The predicted molar refractivity (Wildman–Crippen MR) is 100 cm³/mol. The number of aliphatic imine (C=N–C) groups is 1. The Balaban J connectivity index is 1.61. The Bertz CT molecular complexity index is 915. The minimum absolute atomic E-state index is 0.0624. The van der Waals surface area contributed by atoms with Gasteiger partial charge in [-0.3, -0.25) is 9.52 Å². The fourth-order valence-corrected chi connectivity index (χ4v) is 6.10. The molecule has 0 spiro atoms. The molecule has 1 aromatic carbocycles. The zero-order valence-electron chi connectivity index (χ0n) is 13.2. The van der Waals surface area contributed by atoms with Crippen LogP contribution in [0.5, 0.6) is 0 Å². The third kappa shape index (κ3) is 2.80. The molecule has 132 valence electrons. The minimum Gasteiger partial charge on any atom is -0.312 e. The van der Waals surface area contributed by atoms with Gasteiger partial charge in [0.1, 0.15) is 0 Å². The summed E-state index contributed by atoms with van der Waals surface area (Å²) in [4.78, 5) is 19.1. The quantitative estimate of drug-likeness (QED) is 0.623. The van der Waals surface area contributed by atoms with Gasteiger partial charge in [0.15, 0.2) is 16.0 Å². The highest BCUT2D eigenvalue weighted by atomic mass is 35.5. The number of amidine groups is 1. The van der Waals surface area contributed by atoms with E-state index in [4.69, 9.17) is 11.6 Å². The average molecular weight is 399 g/mol. The summed E-state index contributed by atoms with van der Waals surface area (Å²) in [7, 11) is -3.81. The number of amides is 1. The lowest BCUT2D eigenvalue weighted by molar-refractivity contribution is -0.116. The van der Waals surface area contributed by atoms with Gasteiger partial charge >= 0.3 is 0 Å². The summed E-state index contributed by atoms with van der Waals surface area (Å²) in [6, 6.07) is 5.24. The highest BCUT2D eigenvalue weighted by Gasteiger charge is 2.45. The van der Waals surface area contributed by atoms with Crippen LogP contribution in [0.15, 0.2) is 34.8 Å². The van der Waals surface area contributed by atoms with Gasteiger partial charge in [0.25, 0.3) is 10.0 Å². The summed E-state index contributed by atoms with van der Waals surface area (Å²) in [5, 5.41) is 1.34. The number of hydrogen-bond acceptors (Lipinski definition) is 6. The van der Waals surface area contributed by atoms with Gasteiger partial charge in [-0.1, -0.05) is 29.4 Å². The summed E-state index contributed by atoms with van der Waals surface area (Å²) >= 11 is 7.48. The van der Waals surface area contributed by atoms with Crippen molar-refractivity contribution in [1.29, 1.82) is 0 Å². The Kier molecular flexibility index (Phi) is 3.97. The van der Waals surface area contributed by atoms with Crippen molar-refractivity contribution in [2.75, 3.05) is 16.2 Å². The number of anilines is 2. The van der Waals surface area contributed by atoms with E-state index in [1.54, 1.807) is 33.5 Å². The van der Waals surface area contributed by atoms with Crippen molar-refractivity contribution in [3.05, 3.63) is 35.4 Å². The van der Waals surface area contributed by atoms with Crippen LogP contribution in [0.25, 0.3) is 0 Å². The maximum absolute atomic E-state index is 12.8. The van der Waals surface area contributed by atoms with E-state index in [2.05, 4.69) is 9.71 Å². The number of alkyl halides is 1. The van der Waals surface area contributed by atoms with Crippen LogP contribution >= 0.6 is 23.4 Å². The van der Waals surface area contributed by atoms with Gasteiger partial charge in [-0.2, -0.15) is 0 Å². The topological polar surface area (TPSA) is 82.1 Å². The molecule has 7 nitrogen and oxygen atoms in total. The molecule has 0 saturated carbocycles. The van der Waals surface area contributed by atoms with Crippen molar-refractivity contribution < 1.29 is 13.2 Å². The van der Waals surface area contributed by atoms with E-state index in [1.807, 2.05) is 6.07 Å². The Labute approximate surface area is 154 Å². The highest BCUT2D eigenvalue weighted by Crippen LogP contribution is 2.36. The maximum Gasteiger partial charge on any atom is 0.257 e.